The predicted molar refractivity (Wildman–Crippen MR) is 130 cm³/mol. The molecular weight excluding hydrogens is 436 g/mol. The Bertz CT molecular complexity index is 1250. The molecule has 166 valence electrons. The van der Waals surface area contributed by atoms with Gasteiger partial charge in [-0.15, -0.1) is 0 Å². The minimum atomic E-state index is -0.339. The largest absolute Gasteiger partial charge is 0.497 e. The number of imide groups is 1. The van der Waals surface area contributed by atoms with Gasteiger partial charge in [-0.2, -0.15) is 0 Å². The van der Waals surface area contributed by atoms with Crippen molar-refractivity contribution in [2.45, 2.75) is 13.5 Å². The van der Waals surface area contributed by atoms with Gasteiger partial charge in [0.2, 0.25) is 0 Å². The average Bonchev–Trinajstić information content (AvgIpc) is 3.07. The molecule has 1 saturated heterocycles. The number of aryl methyl sites for hydroxylation is 1. The summed E-state index contributed by atoms with van der Waals surface area (Å²) in [6.07, 6.45) is 1.69. The molecule has 1 aliphatic heterocycles. The smallest absolute Gasteiger partial charge is 0.293 e. The Morgan fingerprint density at radius 1 is 1.03 bits per heavy atom. The highest BCUT2D eigenvalue weighted by Gasteiger charge is 2.35. The molecular formula is C26H22N2O4S. The fraction of sp³-hybridized carbons (Fsp3) is 0.115. The SMILES string of the molecule is COc1cccc(/C=C2\SC(=O)N(Cc3ccc(C(=O)Nc4cccc(C)c4)cc3)C2=O)c1. The molecule has 0 aromatic heterocycles. The highest BCUT2D eigenvalue weighted by molar-refractivity contribution is 8.18. The lowest BCUT2D eigenvalue weighted by atomic mass is 10.1. The van der Waals surface area contributed by atoms with Crippen molar-refractivity contribution >= 4 is 40.6 Å². The third-order valence-electron chi connectivity index (χ3n) is 5.10. The van der Waals surface area contributed by atoms with Crippen LogP contribution in [0.3, 0.4) is 0 Å². The first-order chi connectivity index (χ1) is 15.9. The second-order valence-corrected chi connectivity index (χ2v) is 8.56. The number of nitrogens with one attached hydrogen (secondary N) is 1. The number of thioether (sulfide) groups is 1. The van der Waals surface area contributed by atoms with Crippen LogP contribution >= 0.6 is 11.8 Å². The lowest BCUT2D eigenvalue weighted by Gasteiger charge is -2.13. The van der Waals surface area contributed by atoms with Crippen molar-refractivity contribution in [3.63, 3.8) is 0 Å². The van der Waals surface area contributed by atoms with Gasteiger partial charge in [-0.25, -0.2) is 0 Å². The summed E-state index contributed by atoms with van der Waals surface area (Å²) >= 11 is 0.913. The molecule has 0 aliphatic carbocycles. The summed E-state index contributed by atoms with van der Waals surface area (Å²) in [4.78, 5) is 39.3. The number of benzene rings is 3. The molecule has 0 spiro atoms. The Morgan fingerprint density at radius 2 is 1.79 bits per heavy atom. The molecule has 0 radical (unpaired) electrons. The fourth-order valence-corrected chi connectivity index (χ4v) is 4.23. The zero-order valence-corrected chi connectivity index (χ0v) is 19.0. The molecule has 6 nitrogen and oxygen atoms in total. The summed E-state index contributed by atoms with van der Waals surface area (Å²) in [6.45, 7) is 2.10. The normalized spacial score (nSPS) is 14.6. The van der Waals surface area contributed by atoms with Crippen LogP contribution in [0.2, 0.25) is 0 Å². The van der Waals surface area contributed by atoms with Crippen LogP contribution in [-0.4, -0.2) is 29.1 Å². The van der Waals surface area contributed by atoms with Gasteiger partial charge in [0, 0.05) is 11.3 Å². The van der Waals surface area contributed by atoms with Gasteiger partial charge in [0.05, 0.1) is 18.6 Å². The minimum Gasteiger partial charge on any atom is -0.497 e. The number of methoxy groups -OCH3 is 1. The van der Waals surface area contributed by atoms with Gasteiger partial charge in [-0.3, -0.25) is 19.3 Å². The molecule has 7 heteroatoms. The first-order valence-electron chi connectivity index (χ1n) is 10.3. The number of hydrogen-bond acceptors (Lipinski definition) is 5. The Labute approximate surface area is 196 Å². The van der Waals surface area contributed by atoms with Crippen LogP contribution in [0.25, 0.3) is 6.08 Å². The molecule has 1 N–H and O–H groups in total. The van der Waals surface area contributed by atoms with Crippen molar-refractivity contribution < 1.29 is 19.1 Å². The summed E-state index contributed by atoms with van der Waals surface area (Å²) in [5.41, 5.74) is 3.81. The lowest BCUT2D eigenvalue weighted by Crippen LogP contribution is -2.27. The Balaban J connectivity index is 1.43. The molecule has 33 heavy (non-hydrogen) atoms. The number of nitrogens with zero attached hydrogens (tertiary/aromatic N) is 1. The number of ether oxygens (including phenoxy) is 1. The van der Waals surface area contributed by atoms with Crippen molar-refractivity contribution in [1.82, 2.24) is 4.90 Å². The van der Waals surface area contributed by atoms with Gasteiger partial charge in [0.15, 0.2) is 0 Å². The first-order valence-corrected chi connectivity index (χ1v) is 11.1. The summed E-state index contributed by atoms with van der Waals surface area (Å²) in [6, 6.07) is 21.7. The van der Waals surface area contributed by atoms with Gasteiger partial charge in [0.1, 0.15) is 5.75 Å². The van der Waals surface area contributed by atoms with Gasteiger partial charge in [-0.05, 0) is 77.9 Å². The van der Waals surface area contributed by atoms with E-state index in [1.807, 2.05) is 49.4 Å². The van der Waals surface area contributed by atoms with Crippen LogP contribution in [0.1, 0.15) is 27.0 Å². The summed E-state index contributed by atoms with van der Waals surface area (Å²) in [5, 5.41) is 2.54. The molecule has 3 amide bonds. The fourth-order valence-electron chi connectivity index (χ4n) is 3.39. The van der Waals surface area contributed by atoms with Crippen LogP contribution in [0.5, 0.6) is 5.75 Å². The Hall–Kier alpha value is -3.84. The number of carbonyl (C=O) groups excluding carboxylic acids is 3. The highest BCUT2D eigenvalue weighted by atomic mass is 32.2. The van der Waals surface area contributed by atoms with E-state index in [1.54, 1.807) is 43.5 Å². The van der Waals surface area contributed by atoms with Gasteiger partial charge < -0.3 is 10.1 Å². The van der Waals surface area contributed by atoms with Crippen LogP contribution in [0, 0.1) is 6.92 Å². The van der Waals surface area contributed by atoms with E-state index in [9.17, 15) is 14.4 Å². The third-order valence-corrected chi connectivity index (χ3v) is 6.01. The van der Waals surface area contributed by atoms with E-state index in [1.165, 1.54) is 4.90 Å². The second kappa shape index (κ2) is 9.75. The standard InChI is InChI=1S/C26H22N2O4S/c1-17-5-3-7-21(13-17)27-24(29)20-11-9-18(10-12-20)16-28-25(30)23(33-26(28)31)15-19-6-4-8-22(14-19)32-2/h3-15H,16H2,1-2H3,(H,27,29)/b23-15-. The monoisotopic (exact) mass is 458 g/mol. The van der Waals surface area contributed by atoms with Gasteiger partial charge in [-0.1, -0.05) is 36.4 Å². The predicted octanol–water partition coefficient (Wildman–Crippen LogP) is 5.49. The van der Waals surface area contributed by atoms with Crippen LogP contribution in [0.4, 0.5) is 10.5 Å². The molecule has 1 heterocycles. The molecule has 1 fully saturated rings. The van der Waals surface area contributed by atoms with Crippen molar-refractivity contribution in [2.75, 3.05) is 12.4 Å². The van der Waals surface area contributed by atoms with Crippen molar-refractivity contribution in [3.8, 4) is 5.75 Å². The summed E-state index contributed by atoms with van der Waals surface area (Å²) < 4.78 is 5.21. The van der Waals surface area contributed by atoms with Crippen molar-refractivity contribution in [2.24, 2.45) is 0 Å². The number of rotatable bonds is 6. The van der Waals surface area contributed by atoms with E-state index in [4.69, 9.17) is 4.74 Å². The molecule has 0 saturated carbocycles. The highest BCUT2D eigenvalue weighted by Crippen LogP contribution is 2.33. The van der Waals surface area contributed by atoms with Crippen molar-refractivity contribution in [1.29, 1.82) is 0 Å². The van der Waals surface area contributed by atoms with Crippen LogP contribution in [0.15, 0.2) is 77.7 Å². The Morgan fingerprint density at radius 3 is 2.52 bits per heavy atom. The Kier molecular flexibility index (Phi) is 6.60. The summed E-state index contributed by atoms with van der Waals surface area (Å²) in [5.74, 6) is 0.114. The van der Waals surface area contributed by atoms with Crippen LogP contribution < -0.4 is 10.1 Å². The van der Waals surface area contributed by atoms with E-state index in [0.29, 0.717) is 16.2 Å². The quantitative estimate of drug-likeness (QED) is 0.494. The molecule has 3 aromatic rings. The molecule has 4 rings (SSSR count). The van der Waals surface area contributed by atoms with Gasteiger partial charge >= 0.3 is 0 Å². The molecule has 0 atom stereocenters. The molecule has 3 aromatic carbocycles. The topological polar surface area (TPSA) is 75.7 Å². The molecule has 0 unspecified atom stereocenters. The zero-order valence-electron chi connectivity index (χ0n) is 18.2. The van der Waals surface area contributed by atoms with E-state index in [2.05, 4.69) is 5.32 Å². The molecule has 1 aliphatic rings. The maximum Gasteiger partial charge on any atom is 0.293 e. The summed E-state index contributed by atoms with van der Waals surface area (Å²) in [7, 11) is 1.57. The van der Waals surface area contributed by atoms with Gasteiger partial charge in [0.25, 0.3) is 17.1 Å². The number of carbonyl (C=O) groups is 3. The van der Waals surface area contributed by atoms with E-state index in [0.717, 1.165) is 34.1 Å². The zero-order chi connectivity index (χ0) is 23.4. The number of amides is 3. The third kappa shape index (κ3) is 5.32. The number of anilines is 1. The first kappa shape index (κ1) is 22.4. The maximum atomic E-state index is 12.8. The van der Waals surface area contributed by atoms with E-state index < -0.39 is 0 Å². The van der Waals surface area contributed by atoms with E-state index >= 15 is 0 Å². The lowest BCUT2D eigenvalue weighted by molar-refractivity contribution is -0.123. The van der Waals surface area contributed by atoms with E-state index in [-0.39, 0.29) is 23.6 Å². The second-order valence-electron chi connectivity index (χ2n) is 7.56. The minimum absolute atomic E-state index is 0.139. The average molecular weight is 459 g/mol. The number of hydrogen-bond donors (Lipinski definition) is 1. The van der Waals surface area contributed by atoms with Crippen molar-refractivity contribution in [3.05, 3.63) is 100.0 Å². The maximum absolute atomic E-state index is 12.8. The van der Waals surface area contributed by atoms with Crippen LogP contribution in [-0.2, 0) is 11.3 Å². The molecule has 0 bridgehead atoms.